The van der Waals surface area contributed by atoms with E-state index in [0.717, 1.165) is 17.7 Å². The molecule has 0 unspecified atom stereocenters. The first-order valence-corrected chi connectivity index (χ1v) is 6.15. The summed E-state index contributed by atoms with van der Waals surface area (Å²) in [4.78, 5) is 9.36. The van der Waals surface area contributed by atoms with E-state index in [-0.39, 0.29) is 5.41 Å². The molecule has 1 fully saturated rings. The number of hydrogen-bond acceptors (Lipinski definition) is 6. The monoisotopic (exact) mass is 236 g/mol. The Labute approximate surface area is 96.7 Å². The second kappa shape index (κ2) is 3.64. The highest BCUT2D eigenvalue weighted by molar-refractivity contribution is 7.13. The lowest BCUT2D eigenvalue weighted by Crippen LogP contribution is -2.41. The van der Waals surface area contributed by atoms with E-state index in [1.165, 1.54) is 17.8 Å². The summed E-state index contributed by atoms with van der Waals surface area (Å²) < 4.78 is 5.32. The summed E-state index contributed by atoms with van der Waals surface area (Å²) in [5.74, 6) is 1.31. The van der Waals surface area contributed by atoms with Gasteiger partial charge in [-0.1, -0.05) is 11.6 Å². The molecule has 1 aliphatic rings. The van der Waals surface area contributed by atoms with Crippen LogP contribution in [-0.4, -0.2) is 21.7 Å². The fourth-order valence-corrected chi connectivity index (χ4v) is 2.52. The number of thiazole rings is 1. The van der Waals surface area contributed by atoms with Gasteiger partial charge in [0.1, 0.15) is 0 Å². The molecule has 0 saturated heterocycles. The predicted molar refractivity (Wildman–Crippen MR) is 60.0 cm³/mol. The second-order valence-corrected chi connectivity index (χ2v) is 5.01. The lowest BCUT2D eigenvalue weighted by Gasteiger charge is -2.36. The van der Waals surface area contributed by atoms with Crippen molar-refractivity contribution in [2.75, 3.05) is 6.54 Å². The van der Waals surface area contributed by atoms with Gasteiger partial charge in [0.2, 0.25) is 11.7 Å². The minimum Gasteiger partial charge on any atom is -0.338 e. The Balaban J connectivity index is 1.93. The molecule has 0 atom stereocenters. The molecular formula is C10H12N4OS. The molecule has 2 N–H and O–H groups in total. The number of aromatic nitrogens is 3. The molecule has 6 heteroatoms. The number of rotatable bonds is 3. The topological polar surface area (TPSA) is 77.8 Å². The third kappa shape index (κ3) is 1.37. The van der Waals surface area contributed by atoms with E-state index < -0.39 is 0 Å². The number of nitrogens with zero attached hydrogens (tertiary/aromatic N) is 3. The summed E-state index contributed by atoms with van der Waals surface area (Å²) in [6, 6.07) is 0. The molecule has 1 aliphatic carbocycles. The summed E-state index contributed by atoms with van der Waals surface area (Å²) in [7, 11) is 0. The van der Waals surface area contributed by atoms with E-state index in [1.54, 1.807) is 11.7 Å². The van der Waals surface area contributed by atoms with Gasteiger partial charge in [-0.2, -0.15) is 4.98 Å². The lowest BCUT2D eigenvalue weighted by molar-refractivity contribution is 0.182. The van der Waals surface area contributed by atoms with Gasteiger partial charge in [-0.15, -0.1) is 11.3 Å². The van der Waals surface area contributed by atoms with Gasteiger partial charge < -0.3 is 10.3 Å². The summed E-state index contributed by atoms with van der Waals surface area (Å²) >= 11 is 1.51. The van der Waals surface area contributed by atoms with Crippen LogP contribution in [-0.2, 0) is 5.41 Å². The molecule has 3 rings (SSSR count). The summed E-state index contributed by atoms with van der Waals surface area (Å²) in [6.45, 7) is 0.581. The van der Waals surface area contributed by atoms with E-state index in [9.17, 15) is 0 Å². The van der Waals surface area contributed by atoms with Crippen molar-refractivity contribution in [1.82, 2.24) is 15.1 Å². The molecule has 84 valence electrons. The van der Waals surface area contributed by atoms with Gasteiger partial charge in [-0.05, 0) is 12.8 Å². The van der Waals surface area contributed by atoms with Gasteiger partial charge in [0.05, 0.1) is 15.8 Å². The van der Waals surface area contributed by atoms with Gasteiger partial charge in [-0.25, -0.2) is 0 Å². The van der Waals surface area contributed by atoms with Crippen LogP contribution in [0.15, 0.2) is 16.2 Å². The van der Waals surface area contributed by atoms with Crippen LogP contribution in [0.25, 0.3) is 10.7 Å². The number of nitrogens with two attached hydrogens (primary N) is 1. The first-order chi connectivity index (χ1) is 7.84. The maximum absolute atomic E-state index is 5.79. The fourth-order valence-electron chi connectivity index (χ4n) is 1.97. The Hall–Kier alpha value is -1.27. The van der Waals surface area contributed by atoms with E-state index >= 15 is 0 Å². The van der Waals surface area contributed by atoms with Crippen LogP contribution in [0.5, 0.6) is 0 Å². The Morgan fingerprint density at radius 1 is 1.50 bits per heavy atom. The normalized spacial score (nSPS) is 18.3. The Bertz CT molecular complexity index is 469. The van der Waals surface area contributed by atoms with Crippen molar-refractivity contribution in [3.8, 4) is 10.7 Å². The molecule has 2 aromatic heterocycles. The molecule has 0 aliphatic heterocycles. The van der Waals surface area contributed by atoms with Gasteiger partial charge >= 0.3 is 0 Å². The highest BCUT2D eigenvalue weighted by Crippen LogP contribution is 2.42. The third-order valence-corrected chi connectivity index (χ3v) is 4.00. The third-order valence-electron chi connectivity index (χ3n) is 3.23. The van der Waals surface area contributed by atoms with Crippen molar-refractivity contribution >= 4 is 11.3 Å². The second-order valence-electron chi connectivity index (χ2n) is 4.13. The zero-order valence-electron chi connectivity index (χ0n) is 8.72. The van der Waals surface area contributed by atoms with Crippen molar-refractivity contribution < 1.29 is 4.52 Å². The molecule has 2 heterocycles. The van der Waals surface area contributed by atoms with Crippen LogP contribution in [0.2, 0.25) is 0 Å². The quantitative estimate of drug-likeness (QED) is 0.875. The maximum atomic E-state index is 5.79. The van der Waals surface area contributed by atoms with Crippen molar-refractivity contribution in [2.24, 2.45) is 5.73 Å². The minimum atomic E-state index is -0.0596. The maximum Gasteiger partial charge on any atom is 0.234 e. The average Bonchev–Trinajstić information content (AvgIpc) is 2.86. The van der Waals surface area contributed by atoms with Crippen molar-refractivity contribution in [3.63, 3.8) is 0 Å². The lowest BCUT2D eigenvalue weighted by atomic mass is 9.69. The Morgan fingerprint density at radius 3 is 2.94 bits per heavy atom. The molecule has 0 spiro atoms. The molecule has 16 heavy (non-hydrogen) atoms. The standard InChI is InChI=1S/C10H12N4OS/c11-5-10(2-1-3-10)9-13-8(14-15-9)7-4-12-6-16-7/h4,6H,1-3,5,11H2. The highest BCUT2D eigenvalue weighted by atomic mass is 32.1. The molecule has 2 aromatic rings. The first-order valence-electron chi connectivity index (χ1n) is 5.27. The van der Waals surface area contributed by atoms with Gasteiger partial charge in [0, 0.05) is 12.7 Å². The summed E-state index contributed by atoms with van der Waals surface area (Å²) in [6.07, 6.45) is 5.03. The predicted octanol–water partition coefficient (Wildman–Crippen LogP) is 1.57. The largest absolute Gasteiger partial charge is 0.338 e. The van der Waals surface area contributed by atoms with Crippen LogP contribution in [0.1, 0.15) is 25.2 Å². The van der Waals surface area contributed by atoms with Crippen LogP contribution in [0.3, 0.4) is 0 Å². The zero-order valence-corrected chi connectivity index (χ0v) is 9.54. The van der Waals surface area contributed by atoms with Gasteiger partial charge in [0.25, 0.3) is 0 Å². The van der Waals surface area contributed by atoms with E-state index in [0.29, 0.717) is 18.3 Å². The highest BCUT2D eigenvalue weighted by Gasteiger charge is 2.42. The molecule has 0 radical (unpaired) electrons. The van der Waals surface area contributed by atoms with Crippen LogP contribution in [0, 0.1) is 0 Å². The molecular weight excluding hydrogens is 224 g/mol. The summed E-state index contributed by atoms with van der Waals surface area (Å²) in [5, 5.41) is 3.98. The van der Waals surface area contributed by atoms with Gasteiger partial charge in [-0.3, -0.25) is 4.98 Å². The average molecular weight is 236 g/mol. The SMILES string of the molecule is NCC1(c2nc(-c3cncs3)no2)CCC1. The van der Waals surface area contributed by atoms with Crippen molar-refractivity contribution in [1.29, 1.82) is 0 Å². The van der Waals surface area contributed by atoms with Crippen LogP contribution < -0.4 is 5.73 Å². The van der Waals surface area contributed by atoms with E-state index in [2.05, 4.69) is 15.1 Å². The summed E-state index contributed by atoms with van der Waals surface area (Å²) in [5.41, 5.74) is 7.49. The molecule has 0 aromatic carbocycles. The van der Waals surface area contributed by atoms with E-state index in [4.69, 9.17) is 10.3 Å². The van der Waals surface area contributed by atoms with Crippen molar-refractivity contribution in [2.45, 2.75) is 24.7 Å². The molecule has 0 bridgehead atoms. The number of hydrogen-bond donors (Lipinski definition) is 1. The fraction of sp³-hybridized carbons (Fsp3) is 0.500. The minimum absolute atomic E-state index is 0.0596. The Kier molecular flexibility index (Phi) is 2.26. The van der Waals surface area contributed by atoms with Gasteiger partial charge in [0.15, 0.2) is 0 Å². The molecule has 0 amide bonds. The molecule has 5 nitrogen and oxygen atoms in total. The van der Waals surface area contributed by atoms with Crippen LogP contribution >= 0.6 is 11.3 Å². The van der Waals surface area contributed by atoms with E-state index in [1.807, 2.05) is 0 Å². The van der Waals surface area contributed by atoms with Crippen LogP contribution in [0.4, 0.5) is 0 Å². The first kappa shape index (κ1) is 9.92. The smallest absolute Gasteiger partial charge is 0.234 e. The zero-order chi connectivity index (χ0) is 11.0. The Morgan fingerprint density at radius 2 is 2.38 bits per heavy atom. The van der Waals surface area contributed by atoms with Crippen molar-refractivity contribution in [3.05, 3.63) is 17.6 Å². The molecule has 1 saturated carbocycles.